The molecule has 1 heterocycles. The van der Waals surface area contributed by atoms with Crippen LogP contribution in [0.5, 0.6) is 0 Å². The molecule has 1 aliphatic carbocycles. The Balaban J connectivity index is 1.84. The molecule has 0 bridgehead atoms. The van der Waals surface area contributed by atoms with E-state index in [-0.39, 0.29) is 11.8 Å². The number of hydrazone groups is 1. The van der Waals surface area contributed by atoms with E-state index in [4.69, 9.17) is 5.10 Å². The van der Waals surface area contributed by atoms with Gasteiger partial charge in [0.15, 0.2) is 0 Å². The molecule has 35 heavy (non-hydrogen) atoms. The van der Waals surface area contributed by atoms with E-state index in [9.17, 15) is 9.59 Å². The van der Waals surface area contributed by atoms with Crippen molar-refractivity contribution in [3.05, 3.63) is 102 Å². The van der Waals surface area contributed by atoms with Crippen LogP contribution in [0.4, 0.5) is 5.69 Å². The summed E-state index contributed by atoms with van der Waals surface area (Å²) in [5.74, 6) is -0.176. The summed E-state index contributed by atoms with van der Waals surface area (Å²) in [5.41, 5.74) is 0.187. The van der Waals surface area contributed by atoms with Gasteiger partial charge in [-0.3, -0.25) is 9.59 Å². The van der Waals surface area contributed by atoms with Crippen LogP contribution in [-0.2, 0) is 15.0 Å². The second-order valence-electron chi connectivity index (χ2n) is 9.47. The highest BCUT2D eigenvalue weighted by molar-refractivity contribution is 6.28. The van der Waals surface area contributed by atoms with Crippen LogP contribution in [0, 0.1) is 10.8 Å². The average molecular weight is 466 g/mol. The van der Waals surface area contributed by atoms with E-state index in [1.807, 2.05) is 124 Å². The predicted octanol–water partition coefficient (Wildman–Crippen LogP) is 5.27. The molecule has 0 saturated heterocycles. The number of hydrogen-bond donors (Lipinski definition) is 0. The molecule has 2 aliphatic rings. The van der Waals surface area contributed by atoms with Gasteiger partial charge in [-0.15, -0.1) is 0 Å². The maximum atomic E-state index is 14.6. The SMILES string of the molecule is CCN(CC)C(=O)C1(C)C2(C(=O)N(c3ccccc3)N=C2C)C1(c1ccccc1)c1ccccc1. The third-order valence-corrected chi connectivity index (χ3v) is 8.20. The van der Waals surface area contributed by atoms with Gasteiger partial charge in [-0.2, -0.15) is 10.1 Å². The number of para-hydroxylation sites is 1. The summed E-state index contributed by atoms with van der Waals surface area (Å²) < 4.78 is 0. The van der Waals surface area contributed by atoms with Gasteiger partial charge in [0.1, 0.15) is 5.41 Å². The number of nitrogens with zero attached hydrogens (tertiary/aromatic N) is 3. The predicted molar refractivity (Wildman–Crippen MR) is 139 cm³/mol. The van der Waals surface area contributed by atoms with Gasteiger partial charge in [0.25, 0.3) is 5.91 Å². The Morgan fingerprint density at radius 3 is 1.71 bits per heavy atom. The lowest BCUT2D eigenvalue weighted by atomic mass is 9.77. The van der Waals surface area contributed by atoms with E-state index in [1.54, 1.807) is 0 Å². The van der Waals surface area contributed by atoms with Crippen molar-refractivity contribution in [2.24, 2.45) is 15.9 Å². The molecule has 2 atom stereocenters. The Bertz CT molecular complexity index is 1250. The van der Waals surface area contributed by atoms with Crippen molar-refractivity contribution < 1.29 is 9.59 Å². The molecule has 2 unspecified atom stereocenters. The molecule has 5 heteroatoms. The maximum Gasteiger partial charge on any atom is 0.261 e. The monoisotopic (exact) mass is 465 g/mol. The van der Waals surface area contributed by atoms with Crippen LogP contribution in [0.2, 0.25) is 0 Å². The topological polar surface area (TPSA) is 53.0 Å². The number of carbonyl (C=O) groups is 2. The van der Waals surface area contributed by atoms with E-state index in [2.05, 4.69) is 0 Å². The normalized spacial score (nSPS) is 24.4. The molecule has 0 radical (unpaired) electrons. The number of carbonyl (C=O) groups excluding carboxylic acids is 2. The van der Waals surface area contributed by atoms with Crippen LogP contribution in [0.15, 0.2) is 96.1 Å². The average Bonchev–Trinajstić information content (AvgIpc) is 3.33. The minimum absolute atomic E-state index is 0.0204. The van der Waals surface area contributed by atoms with Crippen molar-refractivity contribution >= 4 is 23.2 Å². The molecule has 3 aromatic rings. The van der Waals surface area contributed by atoms with Crippen LogP contribution >= 0.6 is 0 Å². The zero-order valence-electron chi connectivity index (χ0n) is 20.7. The largest absolute Gasteiger partial charge is 0.343 e. The maximum absolute atomic E-state index is 14.6. The minimum atomic E-state index is -1.14. The van der Waals surface area contributed by atoms with E-state index < -0.39 is 16.2 Å². The number of hydrogen-bond acceptors (Lipinski definition) is 3. The van der Waals surface area contributed by atoms with Gasteiger partial charge >= 0.3 is 0 Å². The zero-order valence-corrected chi connectivity index (χ0v) is 20.7. The summed E-state index contributed by atoms with van der Waals surface area (Å²) in [6.45, 7) is 9.00. The molecule has 1 fully saturated rings. The first-order chi connectivity index (χ1) is 16.9. The molecule has 2 amide bonds. The fourth-order valence-corrected chi connectivity index (χ4v) is 6.76. The quantitative estimate of drug-likeness (QED) is 0.498. The van der Waals surface area contributed by atoms with Crippen LogP contribution in [-0.4, -0.2) is 35.5 Å². The first kappa shape index (κ1) is 23.0. The molecule has 3 aromatic carbocycles. The van der Waals surface area contributed by atoms with Gasteiger partial charge in [-0.1, -0.05) is 78.9 Å². The Labute approximate surface area is 207 Å². The van der Waals surface area contributed by atoms with E-state index in [0.717, 1.165) is 11.1 Å². The highest BCUT2D eigenvalue weighted by atomic mass is 16.2. The van der Waals surface area contributed by atoms with Crippen molar-refractivity contribution in [2.45, 2.75) is 33.1 Å². The fourth-order valence-electron chi connectivity index (χ4n) is 6.76. The summed E-state index contributed by atoms with van der Waals surface area (Å²) in [5, 5.41) is 6.32. The van der Waals surface area contributed by atoms with Crippen LogP contribution in [0.3, 0.4) is 0 Å². The van der Waals surface area contributed by atoms with Crippen molar-refractivity contribution in [1.82, 2.24) is 4.90 Å². The van der Waals surface area contributed by atoms with Crippen molar-refractivity contribution in [2.75, 3.05) is 18.1 Å². The lowest BCUT2D eigenvalue weighted by molar-refractivity contribution is -0.139. The zero-order chi connectivity index (χ0) is 24.8. The first-order valence-corrected chi connectivity index (χ1v) is 12.3. The van der Waals surface area contributed by atoms with Crippen molar-refractivity contribution in [3.8, 4) is 0 Å². The molecule has 1 aliphatic heterocycles. The molecule has 5 rings (SSSR count). The highest BCUT2D eigenvalue weighted by Crippen LogP contribution is 2.83. The van der Waals surface area contributed by atoms with Gasteiger partial charge in [0.05, 0.1) is 22.2 Å². The van der Waals surface area contributed by atoms with Gasteiger partial charge in [0, 0.05) is 13.1 Å². The van der Waals surface area contributed by atoms with Gasteiger partial charge in [-0.25, -0.2) is 0 Å². The van der Waals surface area contributed by atoms with E-state index in [1.165, 1.54) is 5.01 Å². The molecule has 1 saturated carbocycles. The second-order valence-corrected chi connectivity index (χ2v) is 9.47. The molecule has 0 N–H and O–H groups in total. The lowest BCUT2D eigenvalue weighted by Gasteiger charge is -2.28. The summed E-state index contributed by atoms with van der Waals surface area (Å²) in [6.07, 6.45) is 0. The lowest BCUT2D eigenvalue weighted by Crippen LogP contribution is -2.42. The third-order valence-electron chi connectivity index (χ3n) is 8.20. The fraction of sp³-hybridized carbons (Fsp3) is 0.300. The van der Waals surface area contributed by atoms with Crippen molar-refractivity contribution in [3.63, 3.8) is 0 Å². The molecule has 0 aromatic heterocycles. The van der Waals surface area contributed by atoms with E-state index in [0.29, 0.717) is 24.5 Å². The van der Waals surface area contributed by atoms with E-state index >= 15 is 0 Å². The Morgan fingerprint density at radius 1 is 0.800 bits per heavy atom. The first-order valence-electron chi connectivity index (χ1n) is 12.3. The smallest absolute Gasteiger partial charge is 0.261 e. The van der Waals surface area contributed by atoms with Gasteiger partial charge in [0.2, 0.25) is 5.91 Å². The van der Waals surface area contributed by atoms with Crippen LogP contribution in [0.25, 0.3) is 0 Å². The molecule has 1 spiro atoms. The van der Waals surface area contributed by atoms with Crippen LogP contribution < -0.4 is 5.01 Å². The highest BCUT2D eigenvalue weighted by Gasteiger charge is 2.95. The molecule has 5 nitrogen and oxygen atoms in total. The van der Waals surface area contributed by atoms with Crippen molar-refractivity contribution in [1.29, 1.82) is 0 Å². The summed E-state index contributed by atoms with van der Waals surface area (Å²) >= 11 is 0. The summed E-state index contributed by atoms with van der Waals surface area (Å²) in [4.78, 5) is 30.9. The summed E-state index contributed by atoms with van der Waals surface area (Å²) in [6, 6.07) is 29.5. The Morgan fingerprint density at radius 2 is 1.26 bits per heavy atom. The second kappa shape index (κ2) is 8.19. The number of benzene rings is 3. The Kier molecular flexibility index (Phi) is 5.39. The standard InChI is InChI=1S/C30H31N3O2/c1-5-32(6-2)26(34)28(4)29(22(3)31-33(27(29)35)25-20-14-9-15-21-25)30(28,23-16-10-7-11-17-23)24-18-12-8-13-19-24/h7-21H,5-6H2,1-4H3. The van der Waals surface area contributed by atoms with Crippen LogP contribution in [0.1, 0.15) is 38.8 Å². The van der Waals surface area contributed by atoms with Gasteiger partial charge < -0.3 is 4.90 Å². The number of rotatable bonds is 6. The number of anilines is 1. The minimum Gasteiger partial charge on any atom is -0.343 e. The Hall–Kier alpha value is -3.73. The molecular formula is C30H31N3O2. The third kappa shape index (κ3) is 2.67. The number of amides is 2. The summed E-state index contributed by atoms with van der Waals surface area (Å²) in [7, 11) is 0. The molecular weight excluding hydrogens is 434 g/mol. The van der Waals surface area contributed by atoms with Gasteiger partial charge in [-0.05, 0) is 51.0 Å². The molecule has 178 valence electrons.